The second kappa shape index (κ2) is 6.21. The first-order valence-corrected chi connectivity index (χ1v) is 6.50. The van der Waals surface area contributed by atoms with E-state index in [2.05, 4.69) is 10.5 Å². The van der Waals surface area contributed by atoms with Crippen LogP contribution in [-0.2, 0) is 6.54 Å². The molecular weight excluding hydrogens is 283 g/mol. The van der Waals surface area contributed by atoms with E-state index in [1.807, 2.05) is 6.92 Å². The maximum atomic E-state index is 14.0. The molecule has 5 nitrogen and oxygen atoms in total. The third-order valence-corrected chi connectivity index (χ3v) is 3.31. The van der Waals surface area contributed by atoms with Gasteiger partial charge in [-0.2, -0.15) is 5.10 Å². The van der Waals surface area contributed by atoms with Gasteiger partial charge in [0.05, 0.1) is 19.3 Å². The van der Waals surface area contributed by atoms with Gasteiger partial charge >= 0.3 is 0 Å². The number of aromatic nitrogens is 2. The number of ether oxygens (including phenoxy) is 1. The van der Waals surface area contributed by atoms with Crippen molar-refractivity contribution in [2.45, 2.75) is 19.5 Å². The summed E-state index contributed by atoms with van der Waals surface area (Å²) in [7, 11) is 1.53. The summed E-state index contributed by atoms with van der Waals surface area (Å²) in [6.45, 7) is 2.54. The summed E-state index contributed by atoms with van der Waals surface area (Å²) in [6.07, 6.45) is 1.58. The Kier molecular flexibility index (Phi) is 4.59. The molecule has 108 valence electrons. The first-order valence-electron chi connectivity index (χ1n) is 6.13. The maximum Gasteiger partial charge on any atom is 0.161 e. The Hall–Kier alpha value is -1.63. The average molecular weight is 299 g/mol. The molecule has 7 heteroatoms. The SMILES string of the molecule is CCn1ncc(OC)c1C(NN)c1cc(Cl)ccc1F. The number of hydrazine groups is 1. The molecule has 0 aliphatic rings. The zero-order valence-electron chi connectivity index (χ0n) is 11.2. The summed E-state index contributed by atoms with van der Waals surface area (Å²) < 4.78 is 21.0. The van der Waals surface area contributed by atoms with Crippen molar-refractivity contribution >= 4 is 11.6 Å². The van der Waals surface area contributed by atoms with Crippen LogP contribution < -0.4 is 16.0 Å². The number of benzene rings is 1. The number of nitrogens with zero attached hydrogens (tertiary/aromatic N) is 2. The molecule has 1 unspecified atom stereocenters. The van der Waals surface area contributed by atoms with Crippen LogP contribution >= 0.6 is 11.6 Å². The van der Waals surface area contributed by atoms with Crippen LogP contribution in [0.4, 0.5) is 4.39 Å². The van der Waals surface area contributed by atoms with Crippen LogP contribution in [0, 0.1) is 5.82 Å². The highest BCUT2D eigenvalue weighted by atomic mass is 35.5. The summed E-state index contributed by atoms with van der Waals surface area (Å²) in [5, 5.41) is 4.63. The lowest BCUT2D eigenvalue weighted by Crippen LogP contribution is -2.31. The minimum atomic E-state index is -0.605. The fraction of sp³-hybridized carbons (Fsp3) is 0.308. The van der Waals surface area contributed by atoms with E-state index in [9.17, 15) is 4.39 Å². The van der Waals surface area contributed by atoms with Gasteiger partial charge in [0.2, 0.25) is 0 Å². The highest BCUT2D eigenvalue weighted by molar-refractivity contribution is 6.30. The van der Waals surface area contributed by atoms with Gasteiger partial charge in [-0.3, -0.25) is 10.5 Å². The van der Waals surface area contributed by atoms with Crippen LogP contribution in [0.25, 0.3) is 0 Å². The highest BCUT2D eigenvalue weighted by Crippen LogP contribution is 2.32. The molecule has 1 atom stereocenters. The predicted octanol–water partition coefficient (Wildman–Crippen LogP) is 2.26. The van der Waals surface area contributed by atoms with Crippen molar-refractivity contribution < 1.29 is 9.13 Å². The molecule has 0 aliphatic heterocycles. The van der Waals surface area contributed by atoms with E-state index >= 15 is 0 Å². The second-order valence-corrected chi connectivity index (χ2v) is 4.62. The zero-order valence-corrected chi connectivity index (χ0v) is 12.0. The van der Waals surface area contributed by atoms with Gasteiger partial charge in [0.15, 0.2) is 5.75 Å². The molecule has 1 heterocycles. The zero-order chi connectivity index (χ0) is 14.7. The Morgan fingerprint density at radius 1 is 1.55 bits per heavy atom. The number of rotatable bonds is 5. The summed E-state index contributed by atoms with van der Waals surface area (Å²) in [5.41, 5.74) is 3.59. The number of aryl methyl sites for hydroxylation is 1. The second-order valence-electron chi connectivity index (χ2n) is 4.18. The van der Waals surface area contributed by atoms with E-state index in [1.54, 1.807) is 10.9 Å². The van der Waals surface area contributed by atoms with E-state index in [-0.39, 0.29) is 0 Å². The van der Waals surface area contributed by atoms with Crippen molar-refractivity contribution in [3.63, 3.8) is 0 Å². The van der Waals surface area contributed by atoms with Gasteiger partial charge in [-0.25, -0.2) is 9.82 Å². The van der Waals surface area contributed by atoms with E-state index in [0.717, 1.165) is 0 Å². The minimum absolute atomic E-state index is 0.341. The monoisotopic (exact) mass is 298 g/mol. The molecule has 0 spiro atoms. The van der Waals surface area contributed by atoms with E-state index in [4.69, 9.17) is 22.2 Å². The molecule has 2 rings (SSSR count). The minimum Gasteiger partial charge on any atom is -0.493 e. The quantitative estimate of drug-likeness (QED) is 0.656. The largest absolute Gasteiger partial charge is 0.493 e. The summed E-state index contributed by atoms with van der Waals surface area (Å²) in [6, 6.07) is 3.73. The molecule has 1 aromatic carbocycles. The van der Waals surface area contributed by atoms with Crippen molar-refractivity contribution in [2.24, 2.45) is 5.84 Å². The van der Waals surface area contributed by atoms with Crippen LogP contribution in [0.3, 0.4) is 0 Å². The number of nitrogens with two attached hydrogens (primary N) is 1. The van der Waals surface area contributed by atoms with Crippen LogP contribution in [0.2, 0.25) is 5.02 Å². The molecule has 1 aromatic heterocycles. The third kappa shape index (κ3) is 2.63. The fourth-order valence-corrected chi connectivity index (χ4v) is 2.31. The fourth-order valence-electron chi connectivity index (χ4n) is 2.13. The normalized spacial score (nSPS) is 12.4. The van der Waals surface area contributed by atoms with Crippen LogP contribution in [0.1, 0.15) is 24.2 Å². The Morgan fingerprint density at radius 2 is 2.30 bits per heavy atom. The van der Waals surface area contributed by atoms with Gasteiger partial charge in [0.25, 0.3) is 0 Å². The number of hydrogen-bond acceptors (Lipinski definition) is 4. The number of halogens is 2. The number of methoxy groups -OCH3 is 1. The first kappa shape index (κ1) is 14.8. The lowest BCUT2D eigenvalue weighted by Gasteiger charge is -2.19. The van der Waals surface area contributed by atoms with Gasteiger partial charge in [-0.05, 0) is 25.1 Å². The van der Waals surface area contributed by atoms with Crippen LogP contribution in [0.15, 0.2) is 24.4 Å². The molecule has 0 saturated heterocycles. The molecule has 0 amide bonds. The molecular formula is C13H16ClFN4O. The van der Waals surface area contributed by atoms with Crippen molar-refractivity contribution in [1.82, 2.24) is 15.2 Å². The van der Waals surface area contributed by atoms with Gasteiger partial charge < -0.3 is 4.74 Å². The van der Waals surface area contributed by atoms with Crippen molar-refractivity contribution in [2.75, 3.05) is 7.11 Å². The molecule has 20 heavy (non-hydrogen) atoms. The summed E-state index contributed by atoms with van der Waals surface area (Å²) >= 11 is 5.94. The Bertz CT molecular complexity index is 581. The molecule has 0 fully saturated rings. The number of nitrogens with one attached hydrogen (secondary N) is 1. The highest BCUT2D eigenvalue weighted by Gasteiger charge is 2.25. The summed E-state index contributed by atoms with van der Waals surface area (Å²) in [4.78, 5) is 0. The molecule has 3 N–H and O–H groups in total. The van der Waals surface area contributed by atoms with Crippen LogP contribution in [0.5, 0.6) is 5.75 Å². The standard InChI is InChI=1S/C13H16ClFN4O/c1-3-19-13(11(20-2)7-17-19)12(18-16)9-6-8(14)4-5-10(9)15/h4-7,12,18H,3,16H2,1-2H3. The van der Waals surface area contributed by atoms with Crippen molar-refractivity contribution in [3.05, 3.63) is 46.5 Å². The summed E-state index contributed by atoms with van der Waals surface area (Å²) in [5.74, 6) is 5.74. The Morgan fingerprint density at radius 3 is 2.90 bits per heavy atom. The molecule has 0 saturated carbocycles. The molecule has 0 radical (unpaired) electrons. The van der Waals surface area contributed by atoms with Crippen molar-refractivity contribution in [1.29, 1.82) is 0 Å². The van der Waals surface area contributed by atoms with E-state index < -0.39 is 11.9 Å². The van der Waals surface area contributed by atoms with Gasteiger partial charge in [-0.15, -0.1) is 0 Å². The van der Waals surface area contributed by atoms with Crippen LogP contribution in [-0.4, -0.2) is 16.9 Å². The maximum absolute atomic E-state index is 14.0. The number of hydrogen-bond donors (Lipinski definition) is 2. The first-order chi connectivity index (χ1) is 9.62. The lowest BCUT2D eigenvalue weighted by molar-refractivity contribution is 0.398. The molecule has 0 bridgehead atoms. The van der Waals surface area contributed by atoms with Gasteiger partial charge in [0.1, 0.15) is 11.5 Å². The molecule has 2 aromatic rings. The lowest BCUT2D eigenvalue weighted by atomic mass is 10.0. The Labute approximate surface area is 121 Å². The van der Waals surface area contributed by atoms with Crippen molar-refractivity contribution in [3.8, 4) is 5.75 Å². The van der Waals surface area contributed by atoms with E-state index in [0.29, 0.717) is 28.6 Å². The van der Waals surface area contributed by atoms with E-state index in [1.165, 1.54) is 25.3 Å². The smallest absolute Gasteiger partial charge is 0.161 e. The van der Waals surface area contributed by atoms with Gasteiger partial charge in [0, 0.05) is 17.1 Å². The molecule has 0 aliphatic carbocycles. The average Bonchev–Trinajstić information content (AvgIpc) is 2.86. The predicted molar refractivity (Wildman–Crippen MR) is 75.0 cm³/mol. The third-order valence-electron chi connectivity index (χ3n) is 3.07. The Balaban J connectivity index is 2.57. The topological polar surface area (TPSA) is 65.1 Å². The van der Waals surface area contributed by atoms with Gasteiger partial charge in [-0.1, -0.05) is 11.6 Å².